The molecule has 8 nitrogen and oxygen atoms in total. The summed E-state index contributed by atoms with van der Waals surface area (Å²) >= 11 is 0. The highest BCUT2D eigenvalue weighted by Crippen LogP contribution is 2.15. The molecule has 8 heteroatoms. The highest BCUT2D eigenvalue weighted by molar-refractivity contribution is 5.83. The predicted molar refractivity (Wildman–Crippen MR) is 104 cm³/mol. The van der Waals surface area contributed by atoms with Gasteiger partial charge in [0.2, 0.25) is 0 Å². The van der Waals surface area contributed by atoms with Crippen molar-refractivity contribution in [2.45, 2.75) is 13.8 Å². The van der Waals surface area contributed by atoms with E-state index >= 15 is 0 Å². The number of hydrogen-bond acceptors (Lipinski definition) is 6. The Hall–Kier alpha value is -3.55. The van der Waals surface area contributed by atoms with Crippen molar-refractivity contribution in [2.75, 3.05) is 20.3 Å². The van der Waals surface area contributed by atoms with Crippen LogP contribution in [0.5, 0.6) is 11.5 Å². The Kier molecular flexibility index (Phi) is 7.83. The van der Waals surface area contributed by atoms with Crippen molar-refractivity contribution in [2.24, 2.45) is 5.16 Å². The maximum Gasteiger partial charge on any atom is 0.279 e. The summed E-state index contributed by atoms with van der Waals surface area (Å²) < 4.78 is 10.5. The summed E-state index contributed by atoms with van der Waals surface area (Å²) in [5, 5.41) is 3.69. The van der Waals surface area contributed by atoms with E-state index in [9.17, 15) is 9.59 Å². The summed E-state index contributed by atoms with van der Waals surface area (Å²) in [5.41, 5.74) is 7.33. The van der Waals surface area contributed by atoms with Crippen LogP contribution in [0.2, 0.25) is 0 Å². The lowest BCUT2D eigenvalue weighted by Crippen LogP contribution is -2.45. The van der Waals surface area contributed by atoms with Crippen molar-refractivity contribution in [3.05, 3.63) is 59.2 Å². The molecule has 0 atom stereocenters. The molecule has 0 radical (unpaired) electrons. The number of nitrogens with zero attached hydrogens (tertiary/aromatic N) is 1. The lowest BCUT2D eigenvalue weighted by Gasteiger charge is -2.09. The molecule has 2 N–H and O–H groups in total. The topological polar surface area (TPSA) is 98.3 Å². The lowest BCUT2D eigenvalue weighted by molar-refractivity contribution is -0.132. The van der Waals surface area contributed by atoms with E-state index in [0.717, 1.165) is 22.4 Å². The number of aryl methyl sites for hydroxylation is 2. The van der Waals surface area contributed by atoms with Crippen molar-refractivity contribution < 1.29 is 23.9 Å². The number of carbonyl (C=O) groups excluding carboxylic acids is 2. The molecule has 2 rings (SSSR count). The van der Waals surface area contributed by atoms with Crippen LogP contribution in [0.4, 0.5) is 0 Å². The van der Waals surface area contributed by atoms with Crippen molar-refractivity contribution in [1.29, 1.82) is 0 Å². The van der Waals surface area contributed by atoms with Gasteiger partial charge in [-0.15, -0.1) is 0 Å². The molecule has 0 fully saturated rings. The average molecular weight is 385 g/mol. The van der Waals surface area contributed by atoms with Crippen LogP contribution in [0.25, 0.3) is 0 Å². The Morgan fingerprint density at radius 3 is 2.14 bits per heavy atom. The quantitative estimate of drug-likeness (QED) is 0.534. The number of ether oxygens (including phenoxy) is 2. The third-order valence-electron chi connectivity index (χ3n) is 3.49. The van der Waals surface area contributed by atoms with Gasteiger partial charge in [-0.1, -0.05) is 11.2 Å². The van der Waals surface area contributed by atoms with Gasteiger partial charge in [-0.25, -0.2) is 0 Å². The minimum absolute atomic E-state index is 0.223. The van der Waals surface area contributed by atoms with Crippen LogP contribution in [0.3, 0.4) is 0 Å². The molecule has 148 valence electrons. The van der Waals surface area contributed by atoms with Crippen LogP contribution < -0.4 is 20.3 Å². The van der Waals surface area contributed by atoms with Gasteiger partial charge in [-0.3, -0.25) is 20.4 Å². The van der Waals surface area contributed by atoms with Crippen LogP contribution >= 0.6 is 0 Å². The van der Waals surface area contributed by atoms with Crippen LogP contribution in [-0.4, -0.2) is 38.4 Å². The van der Waals surface area contributed by atoms with Crippen LogP contribution in [0.15, 0.2) is 47.6 Å². The molecule has 0 aliphatic heterocycles. The van der Waals surface area contributed by atoms with Gasteiger partial charge >= 0.3 is 0 Å². The first-order valence-electron chi connectivity index (χ1n) is 8.54. The van der Waals surface area contributed by atoms with E-state index in [1.54, 1.807) is 31.4 Å². The Balaban J connectivity index is 1.64. The van der Waals surface area contributed by atoms with E-state index in [1.807, 2.05) is 32.0 Å². The van der Waals surface area contributed by atoms with Gasteiger partial charge in [-0.2, -0.15) is 0 Å². The minimum atomic E-state index is -0.549. The molecule has 2 aromatic carbocycles. The molecule has 0 aliphatic rings. The number of rotatable bonds is 8. The number of oxime groups is 1. The first-order valence-corrected chi connectivity index (χ1v) is 8.54. The second-order valence-electron chi connectivity index (χ2n) is 5.99. The normalized spacial score (nSPS) is 10.4. The summed E-state index contributed by atoms with van der Waals surface area (Å²) in [6, 6.07) is 12.8. The van der Waals surface area contributed by atoms with Crippen LogP contribution in [0, 0.1) is 13.8 Å². The summed E-state index contributed by atoms with van der Waals surface area (Å²) in [4.78, 5) is 28.2. The highest BCUT2D eigenvalue weighted by Gasteiger charge is 2.06. The monoisotopic (exact) mass is 385 g/mol. The molecular formula is C20H23N3O5. The summed E-state index contributed by atoms with van der Waals surface area (Å²) in [6.07, 6.45) is 1.46. The molecule has 2 amide bonds. The van der Waals surface area contributed by atoms with E-state index < -0.39 is 11.8 Å². The van der Waals surface area contributed by atoms with Gasteiger partial charge in [-0.05, 0) is 66.9 Å². The van der Waals surface area contributed by atoms with Crippen molar-refractivity contribution in [3.8, 4) is 11.5 Å². The van der Waals surface area contributed by atoms with Gasteiger partial charge in [0, 0.05) is 0 Å². The molecule has 0 heterocycles. The SMILES string of the molecule is COc1ccc(/C=N\OCC(=O)NNC(=O)COc2cc(C)cc(C)c2)cc1. The van der Waals surface area contributed by atoms with Gasteiger partial charge in [0.25, 0.3) is 11.8 Å². The number of hydrogen-bond donors (Lipinski definition) is 2. The van der Waals surface area contributed by atoms with Crippen LogP contribution in [0.1, 0.15) is 16.7 Å². The summed E-state index contributed by atoms with van der Waals surface area (Å²) in [6.45, 7) is 3.32. The molecule has 0 bridgehead atoms. The van der Waals surface area contributed by atoms with Crippen molar-refractivity contribution >= 4 is 18.0 Å². The minimum Gasteiger partial charge on any atom is -0.497 e. The maximum absolute atomic E-state index is 11.7. The Morgan fingerprint density at radius 1 is 0.929 bits per heavy atom. The molecule has 0 aliphatic carbocycles. The van der Waals surface area contributed by atoms with Gasteiger partial charge in [0.05, 0.1) is 13.3 Å². The average Bonchev–Trinajstić information content (AvgIpc) is 2.68. The van der Waals surface area contributed by atoms with E-state index in [4.69, 9.17) is 14.3 Å². The Bertz CT molecular complexity index is 814. The number of hydrazine groups is 1. The van der Waals surface area contributed by atoms with Gasteiger partial charge < -0.3 is 14.3 Å². The zero-order valence-corrected chi connectivity index (χ0v) is 16.0. The van der Waals surface area contributed by atoms with Crippen LogP contribution in [-0.2, 0) is 14.4 Å². The summed E-state index contributed by atoms with van der Waals surface area (Å²) in [7, 11) is 1.58. The predicted octanol–water partition coefficient (Wildman–Crippen LogP) is 1.89. The van der Waals surface area contributed by atoms with E-state index in [1.165, 1.54) is 6.21 Å². The van der Waals surface area contributed by atoms with E-state index in [-0.39, 0.29) is 13.2 Å². The molecular weight excluding hydrogens is 362 g/mol. The zero-order valence-electron chi connectivity index (χ0n) is 16.0. The fourth-order valence-electron chi connectivity index (χ4n) is 2.26. The van der Waals surface area contributed by atoms with Crippen molar-refractivity contribution in [1.82, 2.24) is 10.9 Å². The fraction of sp³-hybridized carbons (Fsp3) is 0.250. The number of methoxy groups -OCH3 is 1. The second-order valence-corrected chi connectivity index (χ2v) is 5.99. The van der Waals surface area contributed by atoms with Gasteiger partial charge in [0.1, 0.15) is 11.5 Å². The van der Waals surface area contributed by atoms with E-state index in [0.29, 0.717) is 5.75 Å². The number of nitrogens with one attached hydrogen (secondary N) is 2. The zero-order chi connectivity index (χ0) is 20.4. The molecule has 28 heavy (non-hydrogen) atoms. The van der Waals surface area contributed by atoms with Crippen molar-refractivity contribution in [3.63, 3.8) is 0 Å². The molecule has 0 aromatic heterocycles. The summed E-state index contributed by atoms with van der Waals surface area (Å²) in [5.74, 6) is 0.283. The molecule has 0 saturated carbocycles. The smallest absolute Gasteiger partial charge is 0.279 e. The molecule has 0 spiro atoms. The molecule has 0 unspecified atom stereocenters. The van der Waals surface area contributed by atoms with E-state index in [2.05, 4.69) is 16.0 Å². The second kappa shape index (κ2) is 10.6. The number of amides is 2. The fourth-order valence-corrected chi connectivity index (χ4v) is 2.26. The first-order chi connectivity index (χ1) is 13.5. The molecule has 0 saturated heterocycles. The number of benzene rings is 2. The Morgan fingerprint density at radius 2 is 1.54 bits per heavy atom. The Labute approximate surface area is 163 Å². The number of carbonyl (C=O) groups is 2. The van der Waals surface area contributed by atoms with Gasteiger partial charge in [0.15, 0.2) is 13.2 Å². The third kappa shape index (κ3) is 7.36. The first kappa shape index (κ1) is 20.8. The lowest BCUT2D eigenvalue weighted by atomic mass is 10.1. The largest absolute Gasteiger partial charge is 0.497 e. The molecule has 2 aromatic rings. The third-order valence-corrected chi connectivity index (χ3v) is 3.49. The highest BCUT2D eigenvalue weighted by atomic mass is 16.6. The maximum atomic E-state index is 11.7. The standard InChI is InChI=1S/C20H23N3O5/c1-14-8-15(2)10-18(9-14)27-12-19(24)22-23-20(25)13-28-21-11-16-4-6-17(26-3)7-5-16/h4-11H,12-13H2,1-3H3,(H,22,24)(H,23,25)/b21-11-.